The minimum absolute atomic E-state index is 0.00749. The molecule has 8 nitrogen and oxygen atoms in total. The van der Waals surface area contributed by atoms with Gasteiger partial charge in [0, 0.05) is 43.0 Å². The summed E-state index contributed by atoms with van der Waals surface area (Å²) in [6.45, 7) is 12.4. The number of rotatable bonds is 4. The Labute approximate surface area is 259 Å². The van der Waals surface area contributed by atoms with Gasteiger partial charge in [-0.3, -0.25) is 14.3 Å². The molecule has 11 heteroatoms. The third-order valence-electron chi connectivity index (χ3n) is 8.56. The average molecular weight is 619 g/mol. The van der Waals surface area contributed by atoms with Gasteiger partial charge in [-0.05, 0) is 50.0 Å². The number of benzene rings is 2. The molecule has 4 aromatic rings. The van der Waals surface area contributed by atoms with Gasteiger partial charge < -0.3 is 15.1 Å². The van der Waals surface area contributed by atoms with Crippen molar-refractivity contribution in [2.75, 3.05) is 29.9 Å². The highest BCUT2D eigenvalue weighted by molar-refractivity contribution is 6.38. The predicted octanol–water partition coefficient (Wildman–Crippen LogP) is 6.22. The van der Waals surface area contributed by atoms with Crippen molar-refractivity contribution in [3.8, 4) is 16.8 Å². The molecule has 1 saturated heterocycles. The van der Waals surface area contributed by atoms with Crippen LogP contribution in [0.3, 0.4) is 0 Å². The first kappa shape index (κ1) is 29.7. The monoisotopic (exact) mass is 618 g/mol. The molecule has 0 spiro atoms. The van der Waals surface area contributed by atoms with Crippen LogP contribution in [0.2, 0.25) is 5.02 Å². The van der Waals surface area contributed by atoms with Crippen molar-refractivity contribution < 1.29 is 13.6 Å². The first-order valence-electron chi connectivity index (χ1n) is 14.7. The average Bonchev–Trinajstić information content (AvgIpc) is 2.98. The van der Waals surface area contributed by atoms with Crippen LogP contribution in [0.1, 0.15) is 44.4 Å². The number of anilines is 2. The largest absolute Gasteiger partial charge is 0.383 e. The third-order valence-corrected chi connectivity index (χ3v) is 8.93. The van der Waals surface area contributed by atoms with E-state index in [0.717, 1.165) is 0 Å². The first-order valence-corrected chi connectivity index (χ1v) is 15.0. The fraction of sp³-hybridized carbons (Fsp3) is 0.333. The highest BCUT2D eigenvalue weighted by Gasteiger charge is 2.39. The highest BCUT2D eigenvalue weighted by atomic mass is 35.5. The van der Waals surface area contributed by atoms with Crippen LogP contribution in [0.5, 0.6) is 0 Å². The number of piperazine rings is 1. The van der Waals surface area contributed by atoms with E-state index in [-0.39, 0.29) is 51.4 Å². The van der Waals surface area contributed by atoms with Gasteiger partial charge in [0.1, 0.15) is 17.2 Å². The van der Waals surface area contributed by atoms with Gasteiger partial charge in [0.25, 0.3) is 0 Å². The Morgan fingerprint density at radius 3 is 2.66 bits per heavy atom. The van der Waals surface area contributed by atoms with Crippen LogP contribution < -0.4 is 15.9 Å². The van der Waals surface area contributed by atoms with Crippen molar-refractivity contribution in [2.24, 2.45) is 0 Å². The lowest BCUT2D eigenvalue weighted by atomic mass is 9.96. The second-order valence-corrected chi connectivity index (χ2v) is 12.1. The van der Waals surface area contributed by atoms with Gasteiger partial charge in [0.05, 0.1) is 33.5 Å². The number of nitrogens with zero attached hydrogens (tertiary/aromatic N) is 5. The molecule has 4 heterocycles. The third kappa shape index (κ3) is 4.63. The topological polar surface area (TPSA) is 83.4 Å². The summed E-state index contributed by atoms with van der Waals surface area (Å²) in [5.74, 6) is -1.52. The Hall–Kier alpha value is -4.31. The zero-order valence-corrected chi connectivity index (χ0v) is 25.8. The lowest BCUT2D eigenvalue weighted by Crippen LogP contribution is -2.60. The Morgan fingerprint density at radius 1 is 1.20 bits per heavy atom. The maximum atomic E-state index is 17.3. The molecule has 2 atom stereocenters. The van der Waals surface area contributed by atoms with Crippen molar-refractivity contribution in [1.82, 2.24) is 19.4 Å². The quantitative estimate of drug-likeness (QED) is 0.274. The van der Waals surface area contributed by atoms with Gasteiger partial charge in [-0.2, -0.15) is 4.98 Å². The summed E-state index contributed by atoms with van der Waals surface area (Å²) < 4.78 is 33.8. The number of carbonyl (C=O) groups is 1. The zero-order chi connectivity index (χ0) is 31.4. The Bertz CT molecular complexity index is 1890. The van der Waals surface area contributed by atoms with Gasteiger partial charge in [-0.15, -0.1) is 0 Å². The van der Waals surface area contributed by atoms with Crippen LogP contribution in [0.15, 0.2) is 54.0 Å². The molecular weight excluding hydrogens is 586 g/mol. The maximum Gasteiger partial charge on any atom is 0.354 e. The van der Waals surface area contributed by atoms with Crippen LogP contribution in [0, 0.1) is 18.6 Å². The molecule has 44 heavy (non-hydrogen) atoms. The summed E-state index contributed by atoms with van der Waals surface area (Å²) in [5.41, 5.74) is 1.14. The lowest BCUT2D eigenvalue weighted by Gasteiger charge is -2.47. The van der Waals surface area contributed by atoms with E-state index >= 15 is 8.78 Å². The van der Waals surface area contributed by atoms with Gasteiger partial charge in [-0.25, -0.2) is 13.6 Å². The summed E-state index contributed by atoms with van der Waals surface area (Å²) >= 11 is 7.00. The summed E-state index contributed by atoms with van der Waals surface area (Å²) in [6.07, 6.45) is 3.51. The molecule has 0 saturated carbocycles. The minimum Gasteiger partial charge on any atom is -0.383 e. The van der Waals surface area contributed by atoms with E-state index in [1.54, 1.807) is 23.2 Å². The molecule has 1 fully saturated rings. The van der Waals surface area contributed by atoms with Crippen LogP contribution in [-0.4, -0.2) is 57.1 Å². The summed E-state index contributed by atoms with van der Waals surface area (Å²) in [7, 11) is 0. The van der Waals surface area contributed by atoms with Crippen LogP contribution in [0.25, 0.3) is 27.7 Å². The number of hydrogen-bond acceptors (Lipinski definition) is 6. The molecule has 6 rings (SSSR count). The number of hydrogen-bond donors (Lipinski definition) is 1. The van der Waals surface area contributed by atoms with E-state index in [9.17, 15) is 9.59 Å². The molecule has 2 aliphatic rings. The van der Waals surface area contributed by atoms with E-state index in [2.05, 4.69) is 21.9 Å². The maximum absolute atomic E-state index is 17.3. The number of carbonyl (C=O) groups excluding carboxylic acids is 1. The van der Waals surface area contributed by atoms with Gasteiger partial charge >= 0.3 is 5.69 Å². The minimum atomic E-state index is -0.843. The van der Waals surface area contributed by atoms with E-state index in [0.29, 0.717) is 54.1 Å². The standard InChI is InChI=1S/C33H33ClF2N6O2/c1-6-23(43)40-15-19(5)41-20(16-40)12-14-38-29-25-31(27(36)24(26(29)34)21-9-7-8-10-22(21)35)42(33(44)39-32(25)41)30-18(4)11-13-37-28(30)17(2)3/h6-11,13,17,19-20,38H,1,12,14-16H2,2-5H3. The van der Waals surface area contributed by atoms with Crippen molar-refractivity contribution in [3.63, 3.8) is 0 Å². The highest BCUT2D eigenvalue weighted by Crippen LogP contribution is 2.47. The molecule has 1 N–H and O–H groups in total. The normalized spacial score (nSPS) is 18.1. The van der Waals surface area contributed by atoms with Crippen molar-refractivity contribution in [3.05, 3.63) is 87.6 Å². The molecule has 2 aliphatic heterocycles. The fourth-order valence-corrected chi connectivity index (χ4v) is 6.96. The smallest absolute Gasteiger partial charge is 0.354 e. The number of nitrogens with one attached hydrogen (secondary N) is 1. The number of aryl methyl sites for hydroxylation is 1. The second-order valence-electron chi connectivity index (χ2n) is 11.7. The fourth-order valence-electron chi connectivity index (χ4n) is 6.61. The van der Waals surface area contributed by atoms with Crippen LogP contribution in [0.4, 0.5) is 20.3 Å². The van der Waals surface area contributed by atoms with E-state index < -0.39 is 17.3 Å². The number of pyridine rings is 1. The van der Waals surface area contributed by atoms with E-state index in [4.69, 9.17) is 11.6 Å². The number of aromatic nitrogens is 3. The van der Waals surface area contributed by atoms with Crippen molar-refractivity contribution in [1.29, 1.82) is 0 Å². The molecular formula is C33H33ClF2N6O2. The summed E-state index contributed by atoms with van der Waals surface area (Å²) in [5, 5.41) is 3.67. The Balaban J connectivity index is 1.77. The molecule has 2 aromatic heterocycles. The number of halogens is 3. The number of amides is 1. The van der Waals surface area contributed by atoms with Crippen molar-refractivity contribution >= 4 is 39.9 Å². The SMILES string of the molecule is C=CC(=O)N1CC(C)N2c3nc(=O)n(-c4c(C)ccnc4C(C)C)c4c(F)c(-c5ccccc5F)c(Cl)c(c34)NCCC2C1. The summed E-state index contributed by atoms with van der Waals surface area (Å²) in [4.78, 5) is 39.8. The second kappa shape index (κ2) is 11.3. The Morgan fingerprint density at radius 2 is 1.95 bits per heavy atom. The molecule has 1 amide bonds. The predicted molar refractivity (Wildman–Crippen MR) is 170 cm³/mol. The first-order chi connectivity index (χ1) is 21.0. The zero-order valence-electron chi connectivity index (χ0n) is 25.0. The molecule has 228 valence electrons. The molecule has 2 unspecified atom stereocenters. The van der Waals surface area contributed by atoms with Crippen LogP contribution >= 0.6 is 11.6 Å². The van der Waals surface area contributed by atoms with E-state index in [1.807, 2.05) is 32.6 Å². The van der Waals surface area contributed by atoms with Crippen LogP contribution in [-0.2, 0) is 4.79 Å². The number of fused-ring (bicyclic) bond motifs is 2. The Kier molecular flexibility index (Phi) is 7.65. The lowest BCUT2D eigenvalue weighted by molar-refractivity contribution is -0.127. The van der Waals surface area contributed by atoms with Gasteiger partial charge in [0.15, 0.2) is 5.82 Å². The summed E-state index contributed by atoms with van der Waals surface area (Å²) in [6, 6.07) is 7.10. The van der Waals surface area contributed by atoms with Crippen molar-refractivity contribution in [2.45, 2.75) is 52.1 Å². The molecule has 0 aliphatic carbocycles. The molecule has 0 radical (unpaired) electrons. The van der Waals surface area contributed by atoms with E-state index in [1.165, 1.54) is 28.8 Å². The molecule has 2 aromatic carbocycles. The van der Waals surface area contributed by atoms with Gasteiger partial charge in [-0.1, -0.05) is 50.2 Å². The van der Waals surface area contributed by atoms with Gasteiger partial charge in [0.2, 0.25) is 5.91 Å². The molecule has 0 bridgehead atoms.